The van der Waals surface area contributed by atoms with Crippen LogP contribution in [0.25, 0.3) is 0 Å². The number of carbonyl (C=O) groups is 1. The smallest absolute Gasteiger partial charge is 0.233 e. The molecule has 108 valence electrons. The molecule has 2 fully saturated rings. The third-order valence-corrected chi connectivity index (χ3v) is 4.78. The van der Waals surface area contributed by atoms with Gasteiger partial charge in [0.15, 0.2) is 0 Å². The summed E-state index contributed by atoms with van der Waals surface area (Å²) in [6.07, 6.45) is 3.71. The second-order valence-electron chi connectivity index (χ2n) is 6.12. The number of aliphatic hydroxyl groups excluding tert-OH is 1. The first-order chi connectivity index (χ1) is 9.65. The Bertz CT molecular complexity index is 486. The molecule has 1 aliphatic heterocycles. The minimum absolute atomic E-state index is 0.241. The molecule has 0 radical (unpaired) electrons. The van der Waals surface area contributed by atoms with Crippen LogP contribution in [0.2, 0.25) is 0 Å². The normalized spacial score (nSPS) is 21.8. The Morgan fingerprint density at radius 1 is 1.25 bits per heavy atom. The fraction of sp³-hybridized carbons (Fsp3) is 0.562. The van der Waals surface area contributed by atoms with Crippen molar-refractivity contribution in [3.05, 3.63) is 29.8 Å². The zero-order valence-corrected chi connectivity index (χ0v) is 11.7. The lowest BCUT2D eigenvalue weighted by molar-refractivity contribution is -0.135. The average molecular weight is 274 g/mol. The minimum Gasteiger partial charge on any atom is -0.399 e. The molecular weight excluding hydrogens is 252 g/mol. The standard InChI is InChI=1S/C16H22N2O2/c17-14-3-1-13(2-4-14)16(7-8-16)15(20)18-9-5-12(11-19)6-10-18/h1-4,12,19H,5-11,17H2. The molecular formula is C16H22N2O2. The van der Waals surface area contributed by atoms with E-state index in [0.717, 1.165) is 50.0 Å². The van der Waals surface area contributed by atoms with Crippen molar-refractivity contribution in [1.29, 1.82) is 0 Å². The number of aliphatic hydroxyl groups is 1. The number of carbonyl (C=O) groups excluding carboxylic acids is 1. The topological polar surface area (TPSA) is 66.6 Å². The monoisotopic (exact) mass is 274 g/mol. The van der Waals surface area contributed by atoms with Crippen LogP contribution in [0.4, 0.5) is 5.69 Å². The molecule has 1 aromatic carbocycles. The number of hydrogen-bond acceptors (Lipinski definition) is 3. The number of piperidine rings is 1. The molecule has 1 saturated carbocycles. The van der Waals surface area contributed by atoms with Crippen LogP contribution in [0.15, 0.2) is 24.3 Å². The van der Waals surface area contributed by atoms with Gasteiger partial charge in [0.1, 0.15) is 0 Å². The van der Waals surface area contributed by atoms with E-state index in [4.69, 9.17) is 5.73 Å². The van der Waals surface area contributed by atoms with Gasteiger partial charge in [-0.1, -0.05) is 12.1 Å². The molecule has 0 bridgehead atoms. The molecule has 1 heterocycles. The summed E-state index contributed by atoms with van der Waals surface area (Å²) in [4.78, 5) is 14.8. The Labute approximate surface area is 119 Å². The number of benzene rings is 1. The summed E-state index contributed by atoms with van der Waals surface area (Å²) in [5.41, 5.74) is 7.26. The number of hydrogen-bond donors (Lipinski definition) is 2. The first-order valence-electron chi connectivity index (χ1n) is 7.42. The Hall–Kier alpha value is -1.55. The summed E-state index contributed by atoms with van der Waals surface area (Å²) >= 11 is 0. The molecule has 1 amide bonds. The zero-order valence-electron chi connectivity index (χ0n) is 11.7. The summed E-state index contributed by atoms with van der Waals surface area (Å²) in [5, 5.41) is 9.18. The van der Waals surface area contributed by atoms with Gasteiger partial charge in [-0.25, -0.2) is 0 Å². The summed E-state index contributed by atoms with van der Waals surface area (Å²) < 4.78 is 0. The second kappa shape index (κ2) is 5.09. The average Bonchev–Trinajstić information content (AvgIpc) is 3.29. The Balaban J connectivity index is 1.72. The first-order valence-corrected chi connectivity index (χ1v) is 7.42. The fourth-order valence-corrected chi connectivity index (χ4v) is 3.17. The van der Waals surface area contributed by atoms with Crippen LogP contribution in [0.3, 0.4) is 0 Å². The van der Waals surface area contributed by atoms with Gasteiger partial charge in [-0.3, -0.25) is 4.79 Å². The second-order valence-corrected chi connectivity index (χ2v) is 6.12. The van der Waals surface area contributed by atoms with Crippen molar-refractivity contribution in [3.8, 4) is 0 Å². The maximum absolute atomic E-state index is 12.8. The van der Waals surface area contributed by atoms with E-state index in [9.17, 15) is 9.90 Å². The highest BCUT2D eigenvalue weighted by atomic mass is 16.3. The first kappa shape index (κ1) is 13.4. The molecule has 0 aromatic heterocycles. The van der Waals surface area contributed by atoms with Crippen LogP contribution in [0, 0.1) is 5.92 Å². The summed E-state index contributed by atoms with van der Waals surface area (Å²) in [6.45, 7) is 1.80. The van der Waals surface area contributed by atoms with Gasteiger partial charge in [0, 0.05) is 25.4 Å². The van der Waals surface area contributed by atoms with E-state index >= 15 is 0 Å². The Kier molecular flexibility index (Phi) is 3.42. The van der Waals surface area contributed by atoms with Gasteiger partial charge < -0.3 is 15.7 Å². The van der Waals surface area contributed by atoms with Crippen molar-refractivity contribution in [2.24, 2.45) is 5.92 Å². The van der Waals surface area contributed by atoms with Crippen molar-refractivity contribution in [2.45, 2.75) is 31.1 Å². The van der Waals surface area contributed by atoms with Crippen LogP contribution in [0.1, 0.15) is 31.2 Å². The third-order valence-electron chi connectivity index (χ3n) is 4.78. The molecule has 0 unspecified atom stereocenters. The molecule has 1 aliphatic carbocycles. The third kappa shape index (κ3) is 2.29. The van der Waals surface area contributed by atoms with Crippen LogP contribution in [0.5, 0.6) is 0 Å². The minimum atomic E-state index is -0.292. The lowest BCUT2D eigenvalue weighted by Gasteiger charge is -2.34. The van der Waals surface area contributed by atoms with Crippen LogP contribution in [-0.4, -0.2) is 35.6 Å². The van der Waals surface area contributed by atoms with Crippen molar-refractivity contribution in [3.63, 3.8) is 0 Å². The summed E-state index contributed by atoms with van der Waals surface area (Å²) in [5.74, 6) is 0.629. The maximum Gasteiger partial charge on any atom is 0.233 e. The van der Waals surface area contributed by atoms with Gasteiger partial charge in [0.25, 0.3) is 0 Å². The van der Waals surface area contributed by atoms with E-state index in [1.54, 1.807) is 0 Å². The van der Waals surface area contributed by atoms with E-state index < -0.39 is 0 Å². The number of likely N-dealkylation sites (tertiary alicyclic amines) is 1. The summed E-state index contributed by atoms with van der Waals surface area (Å²) in [7, 11) is 0. The number of nitrogen functional groups attached to an aromatic ring is 1. The van der Waals surface area contributed by atoms with Gasteiger partial charge in [-0.15, -0.1) is 0 Å². The van der Waals surface area contributed by atoms with Gasteiger partial charge in [0.05, 0.1) is 5.41 Å². The molecule has 0 atom stereocenters. The van der Waals surface area contributed by atoms with Crippen LogP contribution in [-0.2, 0) is 10.2 Å². The Morgan fingerprint density at radius 3 is 2.35 bits per heavy atom. The van der Waals surface area contributed by atoms with Gasteiger partial charge in [-0.2, -0.15) is 0 Å². The van der Waals surface area contributed by atoms with Gasteiger partial charge in [-0.05, 0) is 49.3 Å². The Morgan fingerprint density at radius 2 is 1.85 bits per heavy atom. The fourth-order valence-electron chi connectivity index (χ4n) is 3.17. The molecule has 3 rings (SSSR count). The molecule has 4 heteroatoms. The summed E-state index contributed by atoms with van der Waals surface area (Å²) in [6, 6.07) is 7.72. The highest BCUT2D eigenvalue weighted by Gasteiger charge is 2.53. The molecule has 20 heavy (non-hydrogen) atoms. The number of nitrogens with two attached hydrogens (primary N) is 1. The lowest BCUT2D eigenvalue weighted by Crippen LogP contribution is -2.44. The largest absolute Gasteiger partial charge is 0.399 e. The van der Waals surface area contributed by atoms with Crippen LogP contribution >= 0.6 is 0 Å². The van der Waals surface area contributed by atoms with Crippen LogP contribution < -0.4 is 5.73 Å². The predicted octanol–water partition coefficient (Wildman–Crippen LogP) is 1.53. The number of nitrogens with zero attached hydrogens (tertiary/aromatic N) is 1. The van der Waals surface area contributed by atoms with Crippen molar-refractivity contribution in [2.75, 3.05) is 25.4 Å². The van der Waals surface area contributed by atoms with E-state index in [2.05, 4.69) is 0 Å². The van der Waals surface area contributed by atoms with Crippen molar-refractivity contribution >= 4 is 11.6 Å². The highest BCUT2D eigenvalue weighted by Crippen LogP contribution is 2.50. The molecule has 1 saturated heterocycles. The van der Waals surface area contributed by atoms with E-state index in [-0.39, 0.29) is 17.9 Å². The van der Waals surface area contributed by atoms with Gasteiger partial charge in [0.2, 0.25) is 5.91 Å². The molecule has 1 aromatic rings. The number of rotatable bonds is 3. The number of amides is 1. The molecule has 4 nitrogen and oxygen atoms in total. The van der Waals surface area contributed by atoms with E-state index in [1.807, 2.05) is 29.2 Å². The maximum atomic E-state index is 12.8. The quantitative estimate of drug-likeness (QED) is 0.821. The highest BCUT2D eigenvalue weighted by molar-refractivity contribution is 5.91. The number of anilines is 1. The zero-order chi connectivity index (χ0) is 14.2. The lowest BCUT2D eigenvalue weighted by atomic mass is 9.91. The van der Waals surface area contributed by atoms with Crippen molar-refractivity contribution < 1.29 is 9.90 Å². The SMILES string of the molecule is Nc1ccc(C2(C(=O)N3CCC(CO)CC3)CC2)cc1. The van der Waals surface area contributed by atoms with Gasteiger partial charge >= 0.3 is 0 Å². The molecule has 2 aliphatic rings. The predicted molar refractivity (Wildman–Crippen MR) is 78.2 cm³/mol. The van der Waals surface area contributed by atoms with Crippen molar-refractivity contribution in [1.82, 2.24) is 4.90 Å². The van der Waals surface area contributed by atoms with E-state index in [0.29, 0.717) is 5.92 Å². The molecule has 0 spiro atoms. The molecule has 3 N–H and O–H groups in total. The van der Waals surface area contributed by atoms with E-state index in [1.165, 1.54) is 0 Å².